The van der Waals surface area contributed by atoms with Crippen LogP contribution in [-0.4, -0.2) is 17.8 Å². The van der Waals surface area contributed by atoms with Crippen LogP contribution in [0.25, 0.3) is 6.08 Å². The second-order valence-corrected chi connectivity index (χ2v) is 6.49. The Morgan fingerprint density at radius 1 is 1.08 bits per heavy atom. The number of hydrogen-bond acceptors (Lipinski definition) is 4. The fourth-order valence-electron chi connectivity index (χ4n) is 2.24. The van der Waals surface area contributed by atoms with E-state index in [4.69, 9.17) is 16.3 Å². The second-order valence-electron chi connectivity index (χ2n) is 5.10. The number of benzene rings is 2. The van der Waals surface area contributed by atoms with Gasteiger partial charge >= 0.3 is 0 Å². The van der Waals surface area contributed by atoms with Crippen LogP contribution in [0, 0.1) is 0 Å². The molecule has 1 aliphatic rings. The predicted octanol–water partition coefficient (Wildman–Crippen LogP) is 4.29. The van der Waals surface area contributed by atoms with Gasteiger partial charge in [-0.25, -0.2) is 0 Å². The van der Waals surface area contributed by atoms with E-state index in [1.807, 2.05) is 30.3 Å². The highest BCUT2D eigenvalue weighted by Crippen LogP contribution is 2.33. The van der Waals surface area contributed by atoms with Crippen LogP contribution in [0.5, 0.6) is 5.75 Å². The number of carbonyl (C=O) groups excluding carboxylic acids is 2. The number of imide groups is 1. The van der Waals surface area contributed by atoms with Gasteiger partial charge in [0.25, 0.3) is 11.1 Å². The van der Waals surface area contributed by atoms with Gasteiger partial charge in [0.2, 0.25) is 0 Å². The van der Waals surface area contributed by atoms with Crippen molar-refractivity contribution in [2.45, 2.75) is 6.42 Å². The van der Waals surface area contributed by atoms with Gasteiger partial charge in [-0.1, -0.05) is 54.1 Å². The number of nitrogens with one attached hydrogen (secondary N) is 1. The number of thioether (sulfide) groups is 1. The lowest BCUT2D eigenvalue weighted by molar-refractivity contribution is -0.115. The minimum atomic E-state index is -0.406. The number of ether oxygens (including phenoxy) is 1. The molecule has 0 aromatic heterocycles. The van der Waals surface area contributed by atoms with Crippen molar-refractivity contribution in [2.24, 2.45) is 0 Å². The Morgan fingerprint density at radius 2 is 1.88 bits per heavy atom. The van der Waals surface area contributed by atoms with Gasteiger partial charge in [-0.2, -0.15) is 0 Å². The normalized spacial score (nSPS) is 15.6. The smallest absolute Gasteiger partial charge is 0.290 e. The molecule has 122 valence electrons. The number of halogens is 1. The van der Waals surface area contributed by atoms with Crippen molar-refractivity contribution in [3.8, 4) is 5.75 Å². The molecule has 1 N–H and O–H groups in total. The van der Waals surface area contributed by atoms with E-state index in [0.29, 0.717) is 27.8 Å². The van der Waals surface area contributed by atoms with E-state index in [1.165, 1.54) is 5.56 Å². The molecular formula is C18H14ClNO3S. The maximum atomic E-state index is 11.6. The topological polar surface area (TPSA) is 55.4 Å². The maximum absolute atomic E-state index is 11.6. The van der Waals surface area contributed by atoms with Gasteiger partial charge in [0.15, 0.2) is 0 Å². The van der Waals surface area contributed by atoms with Gasteiger partial charge in [0.05, 0.1) is 16.5 Å². The molecule has 0 radical (unpaired) electrons. The lowest BCUT2D eigenvalue weighted by Crippen LogP contribution is -2.17. The van der Waals surface area contributed by atoms with Crippen molar-refractivity contribution < 1.29 is 14.3 Å². The van der Waals surface area contributed by atoms with E-state index in [0.717, 1.165) is 18.2 Å². The summed E-state index contributed by atoms with van der Waals surface area (Å²) in [5, 5.41) is 2.26. The summed E-state index contributed by atoms with van der Waals surface area (Å²) >= 11 is 7.22. The Hall–Kier alpha value is -2.24. The molecule has 3 rings (SSSR count). The zero-order chi connectivity index (χ0) is 16.9. The monoisotopic (exact) mass is 359 g/mol. The van der Waals surface area contributed by atoms with Crippen molar-refractivity contribution >= 4 is 40.6 Å². The lowest BCUT2D eigenvalue weighted by atomic mass is 10.1. The van der Waals surface area contributed by atoms with E-state index in [2.05, 4.69) is 5.32 Å². The third kappa shape index (κ3) is 3.99. The molecule has 2 aromatic rings. The van der Waals surface area contributed by atoms with Crippen molar-refractivity contribution in [1.29, 1.82) is 0 Å². The largest absolute Gasteiger partial charge is 0.492 e. The Balaban J connectivity index is 1.70. The summed E-state index contributed by atoms with van der Waals surface area (Å²) in [5.41, 5.74) is 1.82. The van der Waals surface area contributed by atoms with Gasteiger partial charge in [-0.05, 0) is 35.0 Å². The van der Waals surface area contributed by atoms with Crippen LogP contribution < -0.4 is 10.1 Å². The van der Waals surface area contributed by atoms with Crippen molar-refractivity contribution in [3.05, 3.63) is 69.6 Å². The highest BCUT2D eigenvalue weighted by atomic mass is 35.5. The summed E-state index contributed by atoms with van der Waals surface area (Å²) < 4.78 is 5.76. The van der Waals surface area contributed by atoms with Crippen LogP contribution in [0.1, 0.15) is 11.1 Å². The first-order valence-electron chi connectivity index (χ1n) is 7.33. The van der Waals surface area contributed by atoms with Gasteiger partial charge in [0.1, 0.15) is 5.75 Å². The molecule has 2 amide bonds. The molecule has 1 heterocycles. The van der Waals surface area contributed by atoms with Crippen LogP contribution in [0.15, 0.2) is 53.4 Å². The summed E-state index contributed by atoms with van der Waals surface area (Å²) in [4.78, 5) is 23.2. The molecule has 0 atom stereocenters. The van der Waals surface area contributed by atoms with Gasteiger partial charge < -0.3 is 4.74 Å². The predicted molar refractivity (Wildman–Crippen MR) is 96.2 cm³/mol. The molecule has 0 aliphatic carbocycles. The first-order chi connectivity index (χ1) is 11.6. The first-order valence-corrected chi connectivity index (χ1v) is 8.53. The van der Waals surface area contributed by atoms with Crippen molar-refractivity contribution in [3.63, 3.8) is 0 Å². The van der Waals surface area contributed by atoms with E-state index < -0.39 is 5.91 Å². The molecule has 1 aliphatic heterocycles. The summed E-state index contributed by atoms with van der Waals surface area (Å²) in [6.45, 7) is 0.498. The van der Waals surface area contributed by atoms with Crippen LogP contribution in [-0.2, 0) is 11.2 Å². The fourth-order valence-corrected chi connectivity index (χ4v) is 3.14. The lowest BCUT2D eigenvalue weighted by Gasteiger charge is -2.10. The number of hydrogen-bond donors (Lipinski definition) is 1. The van der Waals surface area contributed by atoms with Crippen LogP contribution >= 0.6 is 23.4 Å². The summed E-state index contributed by atoms with van der Waals surface area (Å²) in [7, 11) is 0. The Bertz CT molecular complexity index is 805. The van der Waals surface area contributed by atoms with E-state index >= 15 is 0 Å². The molecule has 4 nitrogen and oxygen atoms in total. The van der Waals surface area contributed by atoms with E-state index in [1.54, 1.807) is 24.3 Å². The van der Waals surface area contributed by atoms with Crippen molar-refractivity contribution in [2.75, 3.05) is 6.61 Å². The third-order valence-corrected chi connectivity index (χ3v) is 4.63. The van der Waals surface area contributed by atoms with Crippen molar-refractivity contribution in [1.82, 2.24) is 5.32 Å². The molecule has 24 heavy (non-hydrogen) atoms. The van der Waals surface area contributed by atoms with Gasteiger partial charge in [0, 0.05) is 6.42 Å². The molecule has 6 heteroatoms. The van der Waals surface area contributed by atoms with Gasteiger partial charge in [-0.3, -0.25) is 14.9 Å². The number of amides is 2. The summed E-state index contributed by atoms with van der Waals surface area (Å²) in [5.74, 6) is 0.146. The summed E-state index contributed by atoms with van der Waals surface area (Å²) in [6, 6.07) is 15.4. The molecule has 0 saturated carbocycles. The highest BCUT2D eigenvalue weighted by Gasteiger charge is 2.25. The Morgan fingerprint density at radius 3 is 2.58 bits per heavy atom. The van der Waals surface area contributed by atoms with Gasteiger partial charge in [-0.15, -0.1) is 0 Å². The Kier molecular flexibility index (Phi) is 5.23. The number of carbonyl (C=O) groups is 2. The van der Waals surface area contributed by atoms with Crippen LogP contribution in [0.4, 0.5) is 4.79 Å². The molecule has 0 bridgehead atoms. The van der Waals surface area contributed by atoms with Crippen LogP contribution in [0.2, 0.25) is 5.02 Å². The fraction of sp³-hybridized carbons (Fsp3) is 0.111. The summed E-state index contributed by atoms with van der Waals surface area (Å²) in [6.07, 6.45) is 2.37. The van der Waals surface area contributed by atoms with Crippen LogP contribution in [0.3, 0.4) is 0 Å². The zero-order valence-electron chi connectivity index (χ0n) is 12.6. The molecular weight excluding hydrogens is 346 g/mol. The second kappa shape index (κ2) is 7.55. The molecule has 0 unspecified atom stereocenters. The third-order valence-electron chi connectivity index (χ3n) is 3.41. The molecule has 1 fully saturated rings. The average molecular weight is 360 g/mol. The molecule has 2 aromatic carbocycles. The average Bonchev–Trinajstić information content (AvgIpc) is 2.89. The quantitative estimate of drug-likeness (QED) is 0.809. The minimum Gasteiger partial charge on any atom is -0.492 e. The van der Waals surface area contributed by atoms with E-state index in [9.17, 15) is 9.59 Å². The SMILES string of the molecule is O=C1NC(=O)C(=Cc2cccc(OCCc3ccccc3)c2Cl)S1. The first kappa shape index (κ1) is 16.6. The zero-order valence-corrected chi connectivity index (χ0v) is 14.2. The van der Waals surface area contributed by atoms with E-state index in [-0.39, 0.29) is 5.24 Å². The molecule has 0 spiro atoms. The Labute approximate surface area is 148 Å². The maximum Gasteiger partial charge on any atom is 0.290 e. The highest BCUT2D eigenvalue weighted by molar-refractivity contribution is 8.18. The standard InChI is InChI=1S/C18H14ClNO3S/c19-16-13(11-15-17(21)20-18(22)24-15)7-4-8-14(16)23-10-9-12-5-2-1-3-6-12/h1-8,11H,9-10H2,(H,20,21,22). The molecule has 1 saturated heterocycles. The minimum absolute atomic E-state index is 0.323. The number of rotatable bonds is 5.